The molecule has 0 aliphatic carbocycles. The molecule has 1 N–H and O–H groups in total. The third kappa shape index (κ3) is 3.33. The van der Waals surface area contributed by atoms with Gasteiger partial charge >= 0.3 is 0 Å². The molecule has 0 aliphatic rings. The Hall–Kier alpha value is -2.95. The molecule has 2 aromatic heterocycles. The van der Waals surface area contributed by atoms with Gasteiger partial charge in [0.05, 0.1) is 6.54 Å². The van der Waals surface area contributed by atoms with Crippen LogP contribution in [0.3, 0.4) is 0 Å². The Morgan fingerprint density at radius 2 is 1.81 bits per heavy atom. The van der Waals surface area contributed by atoms with E-state index in [1.165, 1.54) is 0 Å². The molecular weight excluding hydrogens is 264 g/mol. The van der Waals surface area contributed by atoms with Gasteiger partial charge in [0.2, 0.25) is 0 Å². The minimum Gasteiger partial charge on any atom is -0.305 e. The van der Waals surface area contributed by atoms with Gasteiger partial charge in [0.1, 0.15) is 0 Å². The van der Waals surface area contributed by atoms with E-state index in [4.69, 9.17) is 0 Å². The predicted octanol–water partition coefficient (Wildman–Crippen LogP) is 2.58. The average molecular weight is 278 g/mol. The maximum absolute atomic E-state index is 12.0. The molecule has 0 unspecified atom stereocenters. The summed E-state index contributed by atoms with van der Waals surface area (Å²) in [5.74, 6) is 0.343. The van der Waals surface area contributed by atoms with Crippen LogP contribution in [0.4, 0.5) is 5.82 Å². The summed E-state index contributed by atoms with van der Waals surface area (Å²) in [5, 5.41) is 7.11. The van der Waals surface area contributed by atoms with E-state index in [0.717, 1.165) is 5.56 Å². The molecule has 5 nitrogen and oxygen atoms in total. The number of carbonyl (C=O) groups excluding carboxylic acids is 1. The van der Waals surface area contributed by atoms with Crippen molar-refractivity contribution in [1.29, 1.82) is 0 Å². The van der Waals surface area contributed by atoms with E-state index >= 15 is 0 Å². The Bertz CT molecular complexity index is 722. The molecular formula is C16H14N4O. The van der Waals surface area contributed by atoms with Crippen molar-refractivity contribution in [3.63, 3.8) is 0 Å². The molecule has 1 amide bonds. The largest absolute Gasteiger partial charge is 0.305 e. The molecule has 3 rings (SSSR count). The zero-order valence-electron chi connectivity index (χ0n) is 11.3. The van der Waals surface area contributed by atoms with Crippen LogP contribution in [0.5, 0.6) is 0 Å². The average Bonchev–Trinajstić information content (AvgIpc) is 2.96. The van der Waals surface area contributed by atoms with Crippen LogP contribution in [0.25, 0.3) is 0 Å². The molecule has 0 atom stereocenters. The first-order valence-corrected chi connectivity index (χ1v) is 6.60. The first-order valence-electron chi connectivity index (χ1n) is 6.60. The quantitative estimate of drug-likeness (QED) is 0.798. The van der Waals surface area contributed by atoms with E-state index in [1.807, 2.05) is 36.5 Å². The second kappa shape index (κ2) is 6.00. The summed E-state index contributed by atoms with van der Waals surface area (Å²) < 4.78 is 1.79. The highest BCUT2D eigenvalue weighted by Gasteiger charge is 2.07. The summed E-state index contributed by atoms with van der Waals surface area (Å²) in [6.45, 7) is 0.673. The van der Waals surface area contributed by atoms with Gasteiger partial charge in [-0.1, -0.05) is 30.3 Å². The Morgan fingerprint density at radius 1 is 1.05 bits per heavy atom. The van der Waals surface area contributed by atoms with E-state index in [2.05, 4.69) is 15.4 Å². The molecule has 0 fully saturated rings. The van der Waals surface area contributed by atoms with Crippen LogP contribution in [0.2, 0.25) is 0 Å². The monoisotopic (exact) mass is 278 g/mol. The van der Waals surface area contributed by atoms with Crippen molar-refractivity contribution in [2.45, 2.75) is 6.54 Å². The van der Waals surface area contributed by atoms with E-state index in [9.17, 15) is 4.79 Å². The lowest BCUT2D eigenvalue weighted by molar-refractivity contribution is 0.102. The van der Waals surface area contributed by atoms with Gasteiger partial charge in [0.15, 0.2) is 5.82 Å². The molecule has 0 aliphatic heterocycles. The Balaban J connectivity index is 1.67. The highest BCUT2D eigenvalue weighted by molar-refractivity contribution is 6.03. The predicted molar refractivity (Wildman–Crippen MR) is 80.0 cm³/mol. The zero-order chi connectivity index (χ0) is 14.5. The van der Waals surface area contributed by atoms with E-state index in [-0.39, 0.29) is 5.91 Å². The summed E-state index contributed by atoms with van der Waals surface area (Å²) in [5.41, 5.74) is 1.72. The Morgan fingerprint density at radius 3 is 2.57 bits per heavy atom. The lowest BCUT2D eigenvalue weighted by Crippen LogP contribution is -2.12. The third-order valence-electron chi connectivity index (χ3n) is 3.01. The molecule has 0 radical (unpaired) electrons. The fourth-order valence-corrected chi connectivity index (χ4v) is 1.98. The first-order chi connectivity index (χ1) is 10.3. The van der Waals surface area contributed by atoms with Crippen LogP contribution in [-0.2, 0) is 6.54 Å². The number of anilines is 1. The third-order valence-corrected chi connectivity index (χ3v) is 3.01. The summed E-state index contributed by atoms with van der Waals surface area (Å²) in [4.78, 5) is 15.9. The number of hydrogen-bond donors (Lipinski definition) is 1. The number of carbonyl (C=O) groups is 1. The van der Waals surface area contributed by atoms with Crippen molar-refractivity contribution in [1.82, 2.24) is 14.8 Å². The van der Waals surface area contributed by atoms with Crippen molar-refractivity contribution in [2.75, 3.05) is 5.32 Å². The second-order valence-electron chi connectivity index (χ2n) is 4.57. The van der Waals surface area contributed by atoms with Gasteiger partial charge in [-0.3, -0.25) is 14.5 Å². The van der Waals surface area contributed by atoms with Crippen molar-refractivity contribution >= 4 is 11.7 Å². The Kier molecular flexibility index (Phi) is 3.73. The number of nitrogens with zero attached hydrogens (tertiary/aromatic N) is 3. The first kappa shape index (κ1) is 13.1. The van der Waals surface area contributed by atoms with Gasteiger partial charge in [0, 0.05) is 30.2 Å². The van der Waals surface area contributed by atoms with E-state index in [0.29, 0.717) is 17.9 Å². The maximum Gasteiger partial charge on any atom is 0.256 e. The molecule has 104 valence electrons. The van der Waals surface area contributed by atoms with Crippen molar-refractivity contribution in [3.05, 3.63) is 78.2 Å². The lowest BCUT2D eigenvalue weighted by Gasteiger charge is -2.02. The molecule has 5 heteroatoms. The highest BCUT2D eigenvalue weighted by atomic mass is 16.1. The van der Waals surface area contributed by atoms with Crippen LogP contribution in [0.15, 0.2) is 67.1 Å². The molecule has 0 spiro atoms. The molecule has 3 aromatic rings. The smallest absolute Gasteiger partial charge is 0.256 e. The SMILES string of the molecule is O=C(Nc1ccn(Cc2ccccc2)n1)c1ccncc1. The van der Waals surface area contributed by atoms with Crippen LogP contribution < -0.4 is 5.32 Å². The molecule has 2 heterocycles. The Labute approximate surface area is 122 Å². The normalized spacial score (nSPS) is 10.3. The standard InChI is InChI=1S/C16H14N4O/c21-16(14-6-9-17-10-7-14)18-15-8-11-20(19-15)12-13-4-2-1-3-5-13/h1-11H,12H2,(H,18,19,21). The van der Waals surface area contributed by atoms with Crippen LogP contribution in [0.1, 0.15) is 15.9 Å². The number of rotatable bonds is 4. The van der Waals surface area contributed by atoms with Gasteiger partial charge in [-0.2, -0.15) is 5.10 Å². The summed E-state index contributed by atoms with van der Waals surface area (Å²) in [6, 6.07) is 15.1. The van der Waals surface area contributed by atoms with Gasteiger partial charge in [-0.15, -0.1) is 0 Å². The summed E-state index contributed by atoms with van der Waals surface area (Å²) in [7, 11) is 0. The van der Waals surface area contributed by atoms with Gasteiger partial charge in [-0.05, 0) is 17.7 Å². The van der Waals surface area contributed by atoms with Crippen LogP contribution in [0, 0.1) is 0 Å². The number of benzene rings is 1. The minimum atomic E-state index is -0.192. The molecule has 1 aromatic carbocycles. The number of nitrogens with one attached hydrogen (secondary N) is 1. The van der Waals surface area contributed by atoms with Crippen molar-refractivity contribution in [2.24, 2.45) is 0 Å². The van der Waals surface area contributed by atoms with Gasteiger partial charge in [-0.25, -0.2) is 0 Å². The van der Waals surface area contributed by atoms with Gasteiger partial charge in [0.25, 0.3) is 5.91 Å². The fraction of sp³-hybridized carbons (Fsp3) is 0.0625. The number of hydrogen-bond acceptors (Lipinski definition) is 3. The number of pyridine rings is 1. The maximum atomic E-state index is 12.0. The van der Waals surface area contributed by atoms with Crippen LogP contribution >= 0.6 is 0 Å². The number of amides is 1. The highest BCUT2D eigenvalue weighted by Crippen LogP contribution is 2.08. The molecule has 0 saturated heterocycles. The molecule has 0 bridgehead atoms. The fourth-order valence-electron chi connectivity index (χ4n) is 1.98. The molecule has 0 saturated carbocycles. The topological polar surface area (TPSA) is 59.8 Å². The van der Waals surface area contributed by atoms with Crippen molar-refractivity contribution in [3.8, 4) is 0 Å². The van der Waals surface area contributed by atoms with E-state index < -0.39 is 0 Å². The van der Waals surface area contributed by atoms with Gasteiger partial charge < -0.3 is 5.32 Å². The van der Waals surface area contributed by atoms with Crippen LogP contribution in [-0.4, -0.2) is 20.7 Å². The van der Waals surface area contributed by atoms with Crippen molar-refractivity contribution < 1.29 is 4.79 Å². The number of aromatic nitrogens is 3. The zero-order valence-corrected chi connectivity index (χ0v) is 11.3. The van der Waals surface area contributed by atoms with E-state index in [1.54, 1.807) is 35.3 Å². The minimum absolute atomic E-state index is 0.192. The summed E-state index contributed by atoms with van der Waals surface area (Å²) >= 11 is 0. The lowest BCUT2D eigenvalue weighted by atomic mass is 10.2. The second-order valence-corrected chi connectivity index (χ2v) is 4.57. The summed E-state index contributed by atoms with van der Waals surface area (Å²) in [6.07, 6.45) is 5.01. The molecule has 21 heavy (non-hydrogen) atoms.